The monoisotopic (exact) mass is 236 g/mol. The summed E-state index contributed by atoms with van der Waals surface area (Å²) in [6.45, 7) is 4.23. The molecule has 1 heterocycles. The summed E-state index contributed by atoms with van der Waals surface area (Å²) in [6.07, 6.45) is 3.92. The molecule has 0 amide bonds. The minimum Gasteiger partial charge on any atom is -0.388 e. The number of rotatable bonds is 3. The van der Waals surface area contributed by atoms with Gasteiger partial charge >= 0.3 is 0 Å². The zero-order chi connectivity index (χ0) is 12.5. The maximum atomic E-state index is 10.2. The van der Waals surface area contributed by atoms with Crippen molar-refractivity contribution in [1.82, 2.24) is 9.97 Å². The van der Waals surface area contributed by atoms with Gasteiger partial charge in [0.15, 0.2) is 0 Å². The van der Waals surface area contributed by atoms with Crippen LogP contribution in [0.15, 0.2) is 0 Å². The Morgan fingerprint density at radius 3 is 2.59 bits per heavy atom. The zero-order valence-corrected chi connectivity index (χ0v) is 10.5. The van der Waals surface area contributed by atoms with Gasteiger partial charge in [0, 0.05) is 12.1 Å². The van der Waals surface area contributed by atoms with E-state index < -0.39 is 5.60 Å². The van der Waals surface area contributed by atoms with Gasteiger partial charge in [0.1, 0.15) is 17.5 Å². The van der Waals surface area contributed by atoms with E-state index in [1.165, 1.54) is 0 Å². The van der Waals surface area contributed by atoms with Gasteiger partial charge in [0.2, 0.25) is 0 Å². The SMILES string of the molecule is Cc1nc(N)c(C)c(NCC2(O)CCCC2)n1. The van der Waals surface area contributed by atoms with Gasteiger partial charge in [-0.05, 0) is 26.7 Å². The van der Waals surface area contributed by atoms with Crippen LogP contribution in [0.1, 0.15) is 37.1 Å². The fourth-order valence-electron chi connectivity index (χ4n) is 2.28. The average molecular weight is 236 g/mol. The summed E-state index contributed by atoms with van der Waals surface area (Å²) >= 11 is 0. The number of hydrogen-bond donors (Lipinski definition) is 3. The van der Waals surface area contributed by atoms with Crippen molar-refractivity contribution >= 4 is 11.6 Å². The van der Waals surface area contributed by atoms with Gasteiger partial charge in [-0.2, -0.15) is 0 Å². The van der Waals surface area contributed by atoms with Gasteiger partial charge in [-0.1, -0.05) is 12.8 Å². The first-order valence-electron chi connectivity index (χ1n) is 6.07. The minimum atomic E-state index is -0.583. The Bertz CT molecular complexity index is 413. The molecule has 0 unspecified atom stereocenters. The molecule has 0 aromatic carbocycles. The molecule has 1 saturated carbocycles. The molecule has 0 bridgehead atoms. The molecule has 1 fully saturated rings. The maximum absolute atomic E-state index is 10.2. The quantitative estimate of drug-likeness (QED) is 0.738. The highest BCUT2D eigenvalue weighted by Gasteiger charge is 2.30. The van der Waals surface area contributed by atoms with E-state index in [0.29, 0.717) is 18.2 Å². The summed E-state index contributed by atoms with van der Waals surface area (Å²) in [4.78, 5) is 8.41. The van der Waals surface area contributed by atoms with Crippen molar-refractivity contribution in [2.45, 2.75) is 45.1 Å². The van der Waals surface area contributed by atoms with E-state index in [-0.39, 0.29) is 0 Å². The van der Waals surface area contributed by atoms with Gasteiger partial charge in [0.05, 0.1) is 5.60 Å². The second kappa shape index (κ2) is 4.49. The van der Waals surface area contributed by atoms with Crippen LogP contribution in [0.2, 0.25) is 0 Å². The molecule has 1 aromatic heterocycles. The van der Waals surface area contributed by atoms with Gasteiger partial charge in [-0.25, -0.2) is 9.97 Å². The third-order valence-corrected chi connectivity index (χ3v) is 3.41. The van der Waals surface area contributed by atoms with E-state index in [1.54, 1.807) is 0 Å². The van der Waals surface area contributed by atoms with E-state index in [1.807, 2.05) is 13.8 Å². The molecule has 1 aromatic rings. The molecule has 5 nitrogen and oxygen atoms in total. The van der Waals surface area contributed by atoms with Crippen molar-refractivity contribution in [2.75, 3.05) is 17.6 Å². The van der Waals surface area contributed by atoms with E-state index in [0.717, 1.165) is 37.1 Å². The largest absolute Gasteiger partial charge is 0.388 e. The van der Waals surface area contributed by atoms with E-state index >= 15 is 0 Å². The lowest BCUT2D eigenvalue weighted by atomic mass is 10.0. The summed E-state index contributed by atoms with van der Waals surface area (Å²) in [6, 6.07) is 0. The topological polar surface area (TPSA) is 84.1 Å². The van der Waals surface area contributed by atoms with Crippen molar-refractivity contribution in [2.24, 2.45) is 0 Å². The molecule has 1 aliphatic carbocycles. The van der Waals surface area contributed by atoms with Crippen LogP contribution in [0, 0.1) is 13.8 Å². The van der Waals surface area contributed by atoms with Crippen molar-refractivity contribution in [3.05, 3.63) is 11.4 Å². The Kier molecular flexibility index (Phi) is 3.19. The summed E-state index contributed by atoms with van der Waals surface area (Å²) in [5.74, 6) is 1.88. The highest BCUT2D eigenvalue weighted by Crippen LogP contribution is 2.30. The Morgan fingerprint density at radius 2 is 1.94 bits per heavy atom. The van der Waals surface area contributed by atoms with Gasteiger partial charge in [-0.3, -0.25) is 0 Å². The second-order valence-corrected chi connectivity index (χ2v) is 4.91. The first kappa shape index (κ1) is 12.1. The van der Waals surface area contributed by atoms with Crippen LogP contribution in [0.25, 0.3) is 0 Å². The number of nitrogen functional groups attached to an aromatic ring is 1. The van der Waals surface area contributed by atoms with Crippen LogP contribution in [-0.4, -0.2) is 27.2 Å². The van der Waals surface area contributed by atoms with Crippen LogP contribution in [0.5, 0.6) is 0 Å². The maximum Gasteiger partial charge on any atom is 0.134 e. The molecule has 17 heavy (non-hydrogen) atoms. The number of aliphatic hydroxyl groups is 1. The van der Waals surface area contributed by atoms with E-state index in [9.17, 15) is 5.11 Å². The van der Waals surface area contributed by atoms with Crippen molar-refractivity contribution in [3.63, 3.8) is 0 Å². The van der Waals surface area contributed by atoms with Crippen molar-refractivity contribution in [1.29, 1.82) is 0 Å². The standard InChI is InChI=1S/C12H20N4O/c1-8-10(13)15-9(2)16-11(8)14-7-12(17)5-3-4-6-12/h17H,3-7H2,1-2H3,(H3,13,14,15,16). The molecular weight excluding hydrogens is 216 g/mol. The lowest BCUT2D eigenvalue weighted by Gasteiger charge is -2.23. The smallest absolute Gasteiger partial charge is 0.134 e. The number of nitrogens with one attached hydrogen (secondary N) is 1. The van der Waals surface area contributed by atoms with Crippen LogP contribution in [0.4, 0.5) is 11.6 Å². The molecule has 0 spiro atoms. The van der Waals surface area contributed by atoms with Crippen LogP contribution in [0.3, 0.4) is 0 Å². The Hall–Kier alpha value is -1.36. The summed E-state index contributed by atoms with van der Waals surface area (Å²) < 4.78 is 0. The van der Waals surface area contributed by atoms with Crippen molar-refractivity contribution < 1.29 is 5.11 Å². The highest BCUT2D eigenvalue weighted by molar-refractivity contribution is 5.54. The number of anilines is 2. The Balaban J connectivity index is 2.08. The molecule has 0 radical (unpaired) electrons. The minimum absolute atomic E-state index is 0.499. The first-order chi connectivity index (χ1) is 8.00. The zero-order valence-electron chi connectivity index (χ0n) is 10.5. The fraction of sp³-hybridized carbons (Fsp3) is 0.667. The average Bonchev–Trinajstić information content (AvgIpc) is 2.69. The number of aromatic nitrogens is 2. The number of hydrogen-bond acceptors (Lipinski definition) is 5. The molecule has 5 heteroatoms. The first-order valence-corrected chi connectivity index (χ1v) is 6.07. The van der Waals surface area contributed by atoms with E-state index in [2.05, 4.69) is 15.3 Å². The molecule has 0 saturated heterocycles. The van der Waals surface area contributed by atoms with Gasteiger partial charge in [0.25, 0.3) is 0 Å². The Labute approximate surface area is 101 Å². The lowest BCUT2D eigenvalue weighted by Crippen LogP contribution is -2.34. The number of nitrogens with two attached hydrogens (primary N) is 1. The summed E-state index contributed by atoms with van der Waals surface area (Å²) in [5.41, 5.74) is 6.05. The third kappa shape index (κ3) is 2.66. The normalized spacial score (nSPS) is 18.3. The molecular formula is C12H20N4O. The van der Waals surface area contributed by atoms with Crippen LogP contribution in [-0.2, 0) is 0 Å². The third-order valence-electron chi connectivity index (χ3n) is 3.41. The molecule has 2 rings (SSSR count). The molecule has 1 aliphatic rings. The highest BCUT2D eigenvalue weighted by atomic mass is 16.3. The second-order valence-electron chi connectivity index (χ2n) is 4.91. The molecule has 4 N–H and O–H groups in total. The van der Waals surface area contributed by atoms with Gasteiger partial charge in [-0.15, -0.1) is 0 Å². The Morgan fingerprint density at radius 1 is 1.29 bits per heavy atom. The van der Waals surface area contributed by atoms with Crippen molar-refractivity contribution in [3.8, 4) is 0 Å². The predicted molar refractivity (Wildman–Crippen MR) is 67.8 cm³/mol. The molecule has 0 atom stereocenters. The predicted octanol–water partition coefficient (Wildman–Crippen LogP) is 1.39. The van der Waals surface area contributed by atoms with Crippen LogP contribution < -0.4 is 11.1 Å². The van der Waals surface area contributed by atoms with Crippen LogP contribution >= 0.6 is 0 Å². The summed E-state index contributed by atoms with van der Waals surface area (Å²) in [5, 5.41) is 13.4. The number of nitrogens with zero attached hydrogens (tertiary/aromatic N) is 2. The summed E-state index contributed by atoms with van der Waals surface area (Å²) in [7, 11) is 0. The van der Waals surface area contributed by atoms with Gasteiger partial charge < -0.3 is 16.2 Å². The molecule has 94 valence electrons. The lowest BCUT2D eigenvalue weighted by molar-refractivity contribution is 0.0614. The van der Waals surface area contributed by atoms with E-state index in [4.69, 9.17) is 5.73 Å². The number of aryl methyl sites for hydroxylation is 1. The fourth-order valence-corrected chi connectivity index (χ4v) is 2.28. The molecule has 0 aliphatic heterocycles.